The van der Waals surface area contributed by atoms with Gasteiger partial charge >= 0.3 is 6.18 Å². The van der Waals surface area contributed by atoms with Crippen LogP contribution < -0.4 is 10.2 Å². The molecule has 0 radical (unpaired) electrons. The molecule has 1 aromatic heterocycles. The fourth-order valence-electron chi connectivity index (χ4n) is 3.71. The number of amides is 1. The molecule has 13 heteroatoms. The van der Waals surface area contributed by atoms with Gasteiger partial charge in [0.15, 0.2) is 5.69 Å². The molecule has 1 atom stereocenters. The molecule has 9 nitrogen and oxygen atoms in total. The Hall–Kier alpha value is -2.77. The van der Waals surface area contributed by atoms with Crippen LogP contribution in [0.1, 0.15) is 21.7 Å². The number of piperazine rings is 1. The number of nitrogens with one attached hydrogen (secondary N) is 1. The molecule has 2 fully saturated rings. The van der Waals surface area contributed by atoms with Gasteiger partial charge in [0.1, 0.15) is 0 Å². The molecule has 1 N–H and O–H groups in total. The lowest BCUT2D eigenvalue weighted by atomic mass is 10.2. The van der Waals surface area contributed by atoms with Gasteiger partial charge in [-0.25, -0.2) is 9.40 Å². The molecule has 0 spiro atoms. The third-order valence-corrected chi connectivity index (χ3v) is 6.88. The first-order chi connectivity index (χ1) is 14.5. The first-order valence-corrected chi connectivity index (χ1v) is 10.8. The van der Waals surface area contributed by atoms with Crippen molar-refractivity contribution < 1.29 is 26.4 Å². The molecular formula is C18H18F3N5O4S. The highest BCUT2D eigenvalue weighted by molar-refractivity contribution is 7.87. The molecule has 2 saturated heterocycles. The van der Waals surface area contributed by atoms with Crippen LogP contribution in [0.15, 0.2) is 35.1 Å². The standard InChI is InChI=1S/C18H18F3N5O4S/c1-11-7-15(27)16(23-26(11)13-4-2-3-12(8-13)18(19,20)21)17(28)24-5-6-25-14(10-24)9-22-31(25,29)30/h2-4,7-8,14,22H,5-6,9-10H2,1H3. The van der Waals surface area contributed by atoms with Gasteiger partial charge in [-0.15, -0.1) is 0 Å². The summed E-state index contributed by atoms with van der Waals surface area (Å²) < 4.78 is 67.8. The Morgan fingerprint density at radius 2 is 1.97 bits per heavy atom. The molecule has 2 aliphatic heterocycles. The van der Waals surface area contributed by atoms with Crippen LogP contribution in [0.2, 0.25) is 0 Å². The molecule has 0 saturated carbocycles. The van der Waals surface area contributed by atoms with E-state index in [2.05, 4.69) is 9.82 Å². The van der Waals surface area contributed by atoms with Crippen molar-refractivity contribution in [2.45, 2.75) is 19.1 Å². The lowest BCUT2D eigenvalue weighted by molar-refractivity contribution is -0.137. The number of hydrogen-bond acceptors (Lipinski definition) is 5. The topological polar surface area (TPSA) is 105 Å². The third-order valence-electron chi connectivity index (χ3n) is 5.25. The summed E-state index contributed by atoms with van der Waals surface area (Å²) in [6.07, 6.45) is -4.56. The van der Waals surface area contributed by atoms with E-state index in [4.69, 9.17) is 0 Å². The second-order valence-electron chi connectivity index (χ2n) is 7.33. The zero-order valence-electron chi connectivity index (χ0n) is 16.3. The Bertz CT molecular complexity index is 1210. The first-order valence-electron chi connectivity index (χ1n) is 9.32. The number of carbonyl (C=O) groups is 1. The van der Waals surface area contributed by atoms with Gasteiger partial charge in [0.2, 0.25) is 5.43 Å². The normalized spacial score (nSPS) is 21.2. The monoisotopic (exact) mass is 457 g/mol. The lowest BCUT2D eigenvalue weighted by Crippen LogP contribution is -2.54. The van der Waals surface area contributed by atoms with Crippen LogP contribution in [-0.2, 0) is 16.4 Å². The predicted molar refractivity (Wildman–Crippen MR) is 103 cm³/mol. The average Bonchev–Trinajstić information content (AvgIpc) is 3.01. The summed E-state index contributed by atoms with van der Waals surface area (Å²) in [4.78, 5) is 26.7. The number of halogens is 3. The minimum atomic E-state index is -4.56. The second-order valence-corrected chi connectivity index (χ2v) is 9.04. The van der Waals surface area contributed by atoms with Gasteiger partial charge in [0.25, 0.3) is 16.1 Å². The summed E-state index contributed by atoms with van der Waals surface area (Å²) in [5, 5.41) is 4.05. The Morgan fingerprint density at radius 3 is 2.68 bits per heavy atom. The van der Waals surface area contributed by atoms with Crippen LogP contribution in [0, 0.1) is 6.92 Å². The molecule has 1 aromatic carbocycles. The van der Waals surface area contributed by atoms with Gasteiger partial charge in [-0.1, -0.05) is 6.07 Å². The zero-order chi connectivity index (χ0) is 22.6. The number of benzene rings is 1. The van der Waals surface area contributed by atoms with Crippen molar-refractivity contribution in [2.24, 2.45) is 0 Å². The van der Waals surface area contributed by atoms with Gasteiger partial charge in [-0.05, 0) is 25.1 Å². The van der Waals surface area contributed by atoms with Crippen LogP contribution in [0.25, 0.3) is 5.69 Å². The number of aryl methyl sites for hydroxylation is 1. The highest BCUT2D eigenvalue weighted by atomic mass is 32.2. The Balaban J connectivity index is 1.66. The highest BCUT2D eigenvalue weighted by Crippen LogP contribution is 2.30. The van der Waals surface area contributed by atoms with Crippen LogP contribution in [0.3, 0.4) is 0 Å². The van der Waals surface area contributed by atoms with Gasteiger partial charge in [-0.2, -0.15) is 31.0 Å². The van der Waals surface area contributed by atoms with Crippen molar-refractivity contribution in [3.8, 4) is 5.69 Å². The van der Waals surface area contributed by atoms with E-state index in [9.17, 15) is 31.2 Å². The maximum atomic E-state index is 13.1. The number of hydrogen-bond donors (Lipinski definition) is 1. The summed E-state index contributed by atoms with van der Waals surface area (Å²) in [7, 11) is -3.56. The number of carbonyl (C=O) groups excluding carboxylic acids is 1. The summed E-state index contributed by atoms with van der Waals surface area (Å²) in [6, 6.07) is 5.08. The Labute approximate surface area is 175 Å². The molecule has 0 aliphatic carbocycles. The fourth-order valence-corrected chi connectivity index (χ4v) is 5.14. The van der Waals surface area contributed by atoms with E-state index < -0.39 is 45.0 Å². The van der Waals surface area contributed by atoms with Gasteiger partial charge in [-0.3, -0.25) is 9.59 Å². The van der Waals surface area contributed by atoms with Crippen molar-refractivity contribution in [1.82, 2.24) is 23.7 Å². The van der Waals surface area contributed by atoms with Crippen molar-refractivity contribution >= 4 is 16.1 Å². The number of fused-ring (bicyclic) bond motifs is 1. The zero-order valence-corrected chi connectivity index (χ0v) is 17.1. The largest absolute Gasteiger partial charge is 0.416 e. The number of nitrogens with zero attached hydrogens (tertiary/aromatic N) is 4. The maximum absolute atomic E-state index is 13.1. The third kappa shape index (κ3) is 3.95. The Kier molecular flexibility index (Phi) is 5.14. The summed E-state index contributed by atoms with van der Waals surface area (Å²) in [5.74, 6) is -0.699. The molecule has 3 heterocycles. The van der Waals surface area contributed by atoms with E-state index >= 15 is 0 Å². The molecular weight excluding hydrogens is 439 g/mol. The van der Waals surface area contributed by atoms with E-state index in [1.165, 1.54) is 28.3 Å². The van der Waals surface area contributed by atoms with Crippen molar-refractivity contribution in [3.63, 3.8) is 0 Å². The van der Waals surface area contributed by atoms with E-state index in [1.54, 1.807) is 0 Å². The van der Waals surface area contributed by atoms with Gasteiger partial charge < -0.3 is 4.90 Å². The second kappa shape index (κ2) is 7.43. The van der Waals surface area contributed by atoms with E-state index in [1.807, 2.05) is 0 Å². The molecule has 2 aliphatic rings. The molecule has 2 aromatic rings. The summed E-state index contributed by atoms with van der Waals surface area (Å²) in [5.41, 5.74) is -1.67. The lowest BCUT2D eigenvalue weighted by Gasteiger charge is -2.35. The fraction of sp³-hybridized carbons (Fsp3) is 0.389. The van der Waals surface area contributed by atoms with E-state index in [-0.39, 0.29) is 37.6 Å². The average molecular weight is 457 g/mol. The summed E-state index contributed by atoms with van der Waals surface area (Å²) in [6.45, 7) is 1.84. The predicted octanol–water partition coefficient (Wildman–Crippen LogP) is 0.534. The highest BCUT2D eigenvalue weighted by Gasteiger charge is 2.42. The van der Waals surface area contributed by atoms with E-state index in [0.717, 1.165) is 22.9 Å². The van der Waals surface area contributed by atoms with Crippen molar-refractivity contribution in [3.05, 3.63) is 57.5 Å². The van der Waals surface area contributed by atoms with E-state index in [0.29, 0.717) is 0 Å². The molecule has 166 valence electrons. The van der Waals surface area contributed by atoms with Crippen molar-refractivity contribution in [2.75, 3.05) is 26.2 Å². The van der Waals surface area contributed by atoms with Crippen molar-refractivity contribution in [1.29, 1.82) is 0 Å². The van der Waals surface area contributed by atoms with Crippen LogP contribution in [0.5, 0.6) is 0 Å². The SMILES string of the molecule is Cc1cc(=O)c(C(=O)N2CCN3C(CNS3(=O)=O)C2)nn1-c1cccc(C(F)(F)F)c1. The minimum Gasteiger partial charge on any atom is -0.334 e. The van der Waals surface area contributed by atoms with Gasteiger partial charge in [0, 0.05) is 37.9 Å². The van der Waals surface area contributed by atoms with Crippen LogP contribution in [0.4, 0.5) is 13.2 Å². The molecule has 31 heavy (non-hydrogen) atoms. The quantitative estimate of drug-likeness (QED) is 0.709. The smallest absolute Gasteiger partial charge is 0.334 e. The molecule has 1 unspecified atom stereocenters. The summed E-state index contributed by atoms with van der Waals surface area (Å²) >= 11 is 0. The first kappa shape index (κ1) is 21.5. The number of aromatic nitrogens is 2. The van der Waals surface area contributed by atoms with Crippen LogP contribution >= 0.6 is 0 Å². The Morgan fingerprint density at radius 1 is 1.23 bits per heavy atom. The molecule has 0 bridgehead atoms. The minimum absolute atomic E-state index is 0.0530. The molecule has 4 rings (SSSR count). The van der Waals surface area contributed by atoms with Crippen LogP contribution in [-0.4, -0.2) is 65.5 Å². The number of alkyl halides is 3. The molecule has 1 amide bonds. The number of rotatable bonds is 2. The maximum Gasteiger partial charge on any atom is 0.416 e. The van der Waals surface area contributed by atoms with Gasteiger partial charge in [0.05, 0.1) is 17.3 Å².